The topological polar surface area (TPSA) is 47.0 Å². The Morgan fingerprint density at radius 2 is 2.15 bits per heavy atom. The molecule has 1 saturated carbocycles. The van der Waals surface area contributed by atoms with Gasteiger partial charge in [0.2, 0.25) is 0 Å². The lowest BCUT2D eigenvalue weighted by molar-refractivity contribution is -0.136. The third-order valence-electron chi connectivity index (χ3n) is 3.05. The molecular formula is C13H18F3N3O. The molecule has 2 rings (SSSR count). The summed E-state index contributed by atoms with van der Waals surface area (Å²) in [5, 5.41) is 3.36. The van der Waals surface area contributed by atoms with Crippen LogP contribution >= 0.6 is 0 Å². The molecule has 0 radical (unpaired) electrons. The average Bonchev–Trinajstić information content (AvgIpc) is 3.16. The van der Waals surface area contributed by atoms with Crippen LogP contribution in [0.4, 0.5) is 13.2 Å². The molecule has 0 aromatic carbocycles. The van der Waals surface area contributed by atoms with Gasteiger partial charge in [0, 0.05) is 36.5 Å². The molecule has 0 saturated heterocycles. The van der Waals surface area contributed by atoms with Crippen molar-refractivity contribution in [1.82, 2.24) is 15.3 Å². The van der Waals surface area contributed by atoms with Gasteiger partial charge in [0.05, 0.1) is 6.61 Å². The van der Waals surface area contributed by atoms with E-state index in [9.17, 15) is 13.2 Å². The fourth-order valence-corrected chi connectivity index (χ4v) is 1.69. The third kappa shape index (κ3) is 5.32. The van der Waals surface area contributed by atoms with Gasteiger partial charge in [0.15, 0.2) is 0 Å². The standard InChI is InChI=1S/C13H18F3N3O/c1-9-10(7-17-11-3-4-11)8-18-12(19-9)20-6-2-5-13(14,15)16/h8,11,17H,2-7H2,1H3. The van der Waals surface area contributed by atoms with Crippen molar-refractivity contribution in [1.29, 1.82) is 0 Å². The highest BCUT2D eigenvalue weighted by atomic mass is 19.4. The molecule has 0 unspecified atom stereocenters. The number of hydrogen-bond acceptors (Lipinski definition) is 4. The van der Waals surface area contributed by atoms with Crippen LogP contribution in [0.15, 0.2) is 6.20 Å². The Kier molecular flexibility index (Phi) is 4.80. The molecule has 1 aromatic heterocycles. The van der Waals surface area contributed by atoms with Crippen molar-refractivity contribution >= 4 is 0 Å². The summed E-state index contributed by atoms with van der Waals surface area (Å²) in [4.78, 5) is 8.17. The molecule has 1 N–H and O–H groups in total. The first-order valence-electron chi connectivity index (χ1n) is 6.69. The summed E-state index contributed by atoms with van der Waals surface area (Å²) in [6.45, 7) is 2.53. The molecule has 0 bridgehead atoms. The number of ether oxygens (including phenoxy) is 1. The van der Waals surface area contributed by atoms with Crippen molar-refractivity contribution in [2.45, 2.75) is 51.4 Å². The maximum atomic E-state index is 12.0. The maximum Gasteiger partial charge on any atom is 0.389 e. The average molecular weight is 289 g/mol. The SMILES string of the molecule is Cc1nc(OCCCC(F)(F)F)ncc1CNC1CC1. The van der Waals surface area contributed by atoms with Crippen LogP contribution in [0.3, 0.4) is 0 Å². The van der Waals surface area contributed by atoms with Crippen LogP contribution in [0, 0.1) is 6.92 Å². The van der Waals surface area contributed by atoms with Crippen LogP contribution in [0.2, 0.25) is 0 Å². The quantitative estimate of drug-likeness (QED) is 0.784. The highest BCUT2D eigenvalue weighted by molar-refractivity contribution is 5.17. The lowest BCUT2D eigenvalue weighted by atomic mass is 10.2. The minimum Gasteiger partial charge on any atom is -0.463 e. The largest absolute Gasteiger partial charge is 0.463 e. The predicted molar refractivity (Wildman–Crippen MR) is 67.4 cm³/mol. The molecule has 1 aliphatic rings. The van der Waals surface area contributed by atoms with E-state index < -0.39 is 12.6 Å². The van der Waals surface area contributed by atoms with Gasteiger partial charge in [-0.05, 0) is 26.2 Å². The van der Waals surface area contributed by atoms with Crippen molar-refractivity contribution in [3.05, 3.63) is 17.5 Å². The van der Waals surface area contributed by atoms with Crippen LogP contribution in [0.1, 0.15) is 36.9 Å². The molecule has 112 valence electrons. The summed E-state index contributed by atoms with van der Waals surface area (Å²) >= 11 is 0. The minimum atomic E-state index is -4.14. The van der Waals surface area contributed by atoms with E-state index in [2.05, 4.69) is 15.3 Å². The molecule has 0 spiro atoms. The summed E-state index contributed by atoms with van der Waals surface area (Å²) in [6.07, 6.45) is -0.998. The maximum absolute atomic E-state index is 12.0. The Hall–Kier alpha value is -1.37. The van der Waals surface area contributed by atoms with Crippen LogP contribution < -0.4 is 10.1 Å². The normalized spacial score (nSPS) is 15.4. The Morgan fingerprint density at radius 1 is 1.40 bits per heavy atom. The second-order valence-corrected chi connectivity index (χ2v) is 4.99. The van der Waals surface area contributed by atoms with Gasteiger partial charge in [-0.3, -0.25) is 0 Å². The predicted octanol–water partition coefficient (Wildman–Crippen LogP) is 2.76. The molecule has 1 heterocycles. The second kappa shape index (κ2) is 6.39. The zero-order chi connectivity index (χ0) is 14.6. The van der Waals surface area contributed by atoms with Gasteiger partial charge < -0.3 is 10.1 Å². The highest BCUT2D eigenvalue weighted by Crippen LogP contribution is 2.21. The molecule has 0 amide bonds. The highest BCUT2D eigenvalue weighted by Gasteiger charge is 2.26. The van der Waals surface area contributed by atoms with Crippen LogP contribution in [-0.4, -0.2) is 28.8 Å². The molecule has 20 heavy (non-hydrogen) atoms. The van der Waals surface area contributed by atoms with E-state index in [1.54, 1.807) is 6.20 Å². The summed E-state index contributed by atoms with van der Waals surface area (Å²) in [5.41, 5.74) is 1.78. The summed E-state index contributed by atoms with van der Waals surface area (Å²) < 4.78 is 41.0. The zero-order valence-corrected chi connectivity index (χ0v) is 11.3. The molecule has 1 aromatic rings. The molecule has 7 heteroatoms. The number of halogens is 3. The lowest BCUT2D eigenvalue weighted by Crippen LogP contribution is -2.17. The molecule has 1 aliphatic carbocycles. The first-order valence-corrected chi connectivity index (χ1v) is 6.69. The fourth-order valence-electron chi connectivity index (χ4n) is 1.69. The number of aryl methyl sites for hydroxylation is 1. The fraction of sp³-hybridized carbons (Fsp3) is 0.692. The van der Waals surface area contributed by atoms with Crippen LogP contribution in [-0.2, 0) is 6.54 Å². The number of aromatic nitrogens is 2. The van der Waals surface area contributed by atoms with Crippen molar-refractivity contribution in [3.63, 3.8) is 0 Å². The minimum absolute atomic E-state index is 0.0291. The van der Waals surface area contributed by atoms with Crippen LogP contribution in [0.25, 0.3) is 0 Å². The Labute approximate surface area is 115 Å². The van der Waals surface area contributed by atoms with Gasteiger partial charge >= 0.3 is 12.2 Å². The Bertz CT molecular complexity index is 447. The van der Waals surface area contributed by atoms with Gasteiger partial charge in [0.1, 0.15) is 0 Å². The number of hydrogen-bond donors (Lipinski definition) is 1. The molecule has 4 nitrogen and oxygen atoms in total. The van der Waals surface area contributed by atoms with E-state index in [1.807, 2.05) is 6.92 Å². The van der Waals surface area contributed by atoms with Crippen molar-refractivity contribution in [2.75, 3.05) is 6.61 Å². The van der Waals surface area contributed by atoms with E-state index in [0.717, 1.165) is 11.3 Å². The summed E-state index contributed by atoms with van der Waals surface area (Å²) in [5.74, 6) is 0. The van der Waals surface area contributed by atoms with E-state index in [4.69, 9.17) is 4.74 Å². The van der Waals surface area contributed by atoms with Gasteiger partial charge in [-0.25, -0.2) is 9.97 Å². The van der Waals surface area contributed by atoms with Gasteiger partial charge in [-0.15, -0.1) is 0 Å². The molecule has 1 fully saturated rings. The second-order valence-electron chi connectivity index (χ2n) is 4.99. The van der Waals surface area contributed by atoms with E-state index in [-0.39, 0.29) is 19.0 Å². The smallest absolute Gasteiger partial charge is 0.389 e. The summed E-state index contributed by atoms with van der Waals surface area (Å²) in [6, 6.07) is 0.743. The van der Waals surface area contributed by atoms with Crippen LogP contribution in [0.5, 0.6) is 6.01 Å². The van der Waals surface area contributed by atoms with Crippen molar-refractivity contribution < 1.29 is 17.9 Å². The Balaban J connectivity index is 1.76. The zero-order valence-electron chi connectivity index (χ0n) is 11.3. The van der Waals surface area contributed by atoms with Crippen molar-refractivity contribution in [3.8, 4) is 6.01 Å². The first-order chi connectivity index (χ1) is 9.44. The number of rotatable bonds is 7. The van der Waals surface area contributed by atoms with E-state index in [0.29, 0.717) is 12.6 Å². The number of nitrogens with one attached hydrogen (secondary N) is 1. The van der Waals surface area contributed by atoms with E-state index >= 15 is 0 Å². The van der Waals surface area contributed by atoms with Gasteiger partial charge in [0.25, 0.3) is 0 Å². The van der Waals surface area contributed by atoms with Crippen molar-refractivity contribution in [2.24, 2.45) is 0 Å². The molecule has 0 atom stereocenters. The lowest BCUT2D eigenvalue weighted by Gasteiger charge is -2.09. The molecular weight excluding hydrogens is 271 g/mol. The monoisotopic (exact) mass is 289 g/mol. The van der Waals surface area contributed by atoms with E-state index in [1.165, 1.54) is 12.8 Å². The molecule has 0 aliphatic heterocycles. The van der Waals surface area contributed by atoms with Gasteiger partial charge in [-0.2, -0.15) is 13.2 Å². The summed E-state index contributed by atoms with van der Waals surface area (Å²) in [7, 11) is 0. The van der Waals surface area contributed by atoms with Gasteiger partial charge in [-0.1, -0.05) is 0 Å². The first kappa shape index (κ1) is 15.0. The number of nitrogens with zero attached hydrogens (tertiary/aromatic N) is 2. The Morgan fingerprint density at radius 3 is 2.75 bits per heavy atom. The number of alkyl halides is 3. The third-order valence-corrected chi connectivity index (χ3v) is 3.05.